The van der Waals surface area contributed by atoms with Gasteiger partial charge in [-0.3, -0.25) is 28.2 Å². The molecule has 2 N–H and O–H groups in total. The average molecular weight is 1000 g/mol. The first-order chi connectivity index (χ1) is 31.3. The molecule has 2 fully saturated rings. The number of nitrogens with zero attached hydrogens (tertiary/aromatic N) is 6. The number of carbonyl (C=O) groups excluding carboxylic acids is 1. The van der Waals surface area contributed by atoms with E-state index < -0.39 is 132 Å². The normalized spacial score (nSPS) is 18.5. The molecular weight excluding hydrogens is 964 g/mol. The number of hydrogen-bond donors (Lipinski definition) is 2. The van der Waals surface area contributed by atoms with Gasteiger partial charge >= 0.3 is 0 Å². The summed E-state index contributed by atoms with van der Waals surface area (Å²) in [7, 11) is -7.98. The van der Waals surface area contributed by atoms with Gasteiger partial charge in [-0.2, -0.15) is 19.0 Å². The van der Waals surface area contributed by atoms with Crippen LogP contribution >= 0.6 is 11.6 Å². The molecule has 3 aromatic heterocycles. The van der Waals surface area contributed by atoms with E-state index in [4.69, 9.17) is 16.6 Å². The van der Waals surface area contributed by atoms with Gasteiger partial charge in [0, 0.05) is 30.2 Å². The Hall–Kier alpha value is -5.62. The van der Waals surface area contributed by atoms with Gasteiger partial charge < -0.3 is 5.32 Å². The van der Waals surface area contributed by atoms with Crippen LogP contribution in [0.2, 0.25) is 5.02 Å². The molecule has 356 valence electrons. The molecule has 3 heterocycles. The molecule has 0 spiro atoms. The summed E-state index contributed by atoms with van der Waals surface area (Å²) in [5, 5.41) is 8.86. The fourth-order valence-corrected chi connectivity index (χ4v) is 10.9. The Bertz CT molecular complexity index is 3340. The van der Waals surface area contributed by atoms with Crippen LogP contribution in [-0.2, 0) is 54.8 Å². The van der Waals surface area contributed by atoms with Crippen molar-refractivity contribution in [2.75, 3.05) is 11.0 Å². The van der Waals surface area contributed by atoms with Gasteiger partial charge in [0.25, 0.3) is 24.3 Å². The molecule has 2 saturated carbocycles. The Kier molecular flexibility index (Phi) is 11.1. The fourth-order valence-electron chi connectivity index (χ4n) is 8.76. The van der Waals surface area contributed by atoms with Gasteiger partial charge in [-0.25, -0.2) is 48.2 Å². The average Bonchev–Trinajstić information content (AvgIpc) is 4.14. The largest absolute Gasteiger partial charge is 0.344 e. The van der Waals surface area contributed by atoms with Crippen LogP contribution in [0.5, 0.6) is 0 Å². The number of sulfone groups is 1. The molecule has 3 aliphatic carbocycles. The molecule has 14 nitrogen and oxygen atoms in total. The van der Waals surface area contributed by atoms with E-state index in [9.17, 15) is 48.0 Å². The van der Waals surface area contributed by atoms with Crippen molar-refractivity contribution in [1.82, 2.24) is 34.4 Å². The number of benzene rings is 3. The summed E-state index contributed by atoms with van der Waals surface area (Å²) in [6.07, 6.45) is -5.55. The van der Waals surface area contributed by atoms with E-state index in [1.807, 2.05) is 0 Å². The van der Waals surface area contributed by atoms with E-state index in [1.54, 1.807) is 0 Å². The minimum absolute atomic E-state index is 0.0693. The molecular formula is C42H37ClF8N8O6S2. The summed E-state index contributed by atoms with van der Waals surface area (Å²) in [6.45, 7) is 0.470. The topological polar surface area (TPSA) is 180 Å². The zero-order valence-corrected chi connectivity index (χ0v) is 37.6. The standard InChI is InChI=1S/C42H37ClF8N8O6S2/c1-41(2,66(3,62)63)19-4-7-23-27(13-19)53-39(59(40(23)61)29-9-8-26(43)33-35(29)57(16-30(46)47)55-38(33)56-67(64,65)22-5-6-22)28(12-18-10-20(44)14-21(45)11-18)52-31(60)17-58-36-32(34(54-58)37(48)49)24-15-25(24)42(36,50)51/h4,7-11,13-14,22,24-25,28,30,37H,5-6,12,15-17H2,1-3H3,(H,52,60)(H,55,56)/t24-,25+,28-/m0/s1. The lowest BCUT2D eigenvalue weighted by Gasteiger charge is -2.26. The quantitative estimate of drug-likeness (QED) is 0.0983. The summed E-state index contributed by atoms with van der Waals surface area (Å²) in [5.41, 5.74) is -4.13. The van der Waals surface area contributed by atoms with E-state index >= 15 is 13.6 Å². The third-order valence-corrected chi connectivity index (χ3v) is 16.8. The molecule has 3 aromatic carbocycles. The Labute approximate surface area is 380 Å². The second kappa shape index (κ2) is 16.0. The Morgan fingerprint density at radius 2 is 1.66 bits per heavy atom. The third kappa shape index (κ3) is 8.10. The van der Waals surface area contributed by atoms with E-state index in [1.165, 1.54) is 44.2 Å². The van der Waals surface area contributed by atoms with Crippen LogP contribution in [0.25, 0.3) is 27.5 Å². The summed E-state index contributed by atoms with van der Waals surface area (Å²) in [5.74, 6) is -10.2. The summed E-state index contributed by atoms with van der Waals surface area (Å²) < 4.78 is 173. The summed E-state index contributed by atoms with van der Waals surface area (Å²) in [6, 6.07) is 6.75. The van der Waals surface area contributed by atoms with E-state index in [0.29, 0.717) is 28.3 Å². The number of carbonyl (C=O) groups is 1. The van der Waals surface area contributed by atoms with Crippen molar-refractivity contribution in [2.45, 2.75) is 93.4 Å². The Morgan fingerprint density at radius 3 is 2.28 bits per heavy atom. The summed E-state index contributed by atoms with van der Waals surface area (Å²) >= 11 is 6.64. The van der Waals surface area contributed by atoms with Crippen LogP contribution in [-0.4, -0.2) is 69.8 Å². The smallest absolute Gasteiger partial charge is 0.293 e. The number of halogens is 9. The van der Waals surface area contributed by atoms with E-state index in [-0.39, 0.29) is 55.6 Å². The fraction of sp³-hybridized carbons (Fsp3) is 0.405. The van der Waals surface area contributed by atoms with Crippen molar-refractivity contribution < 1.29 is 56.8 Å². The molecule has 3 aliphatic rings. The zero-order valence-electron chi connectivity index (χ0n) is 35.2. The molecule has 3 atom stereocenters. The van der Waals surface area contributed by atoms with Crippen molar-refractivity contribution in [3.63, 3.8) is 0 Å². The second-order valence-corrected chi connectivity index (χ2v) is 22.4. The van der Waals surface area contributed by atoms with Gasteiger partial charge in [0.05, 0.1) is 48.6 Å². The zero-order chi connectivity index (χ0) is 48.4. The number of fused-ring (bicyclic) bond motifs is 5. The van der Waals surface area contributed by atoms with Crippen LogP contribution in [0.15, 0.2) is 53.3 Å². The predicted molar refractivity (Wildman–Crippen MR) is 228 cm³/mol. The molecule has 0 radical (unpaired) electrons. The highest BCUT2D eigenvalue weighted by Gasteiger charge is 2.67. The van der Waals surface area contributed by atoms with Gasteiger partial charge in [-0.05, 0) is 86.6 Å². The predicted octanol–water partition coefficient (Wildman–Crippen LogP) is 7.56. The first-order valence-electron chi connectivity index (χ1n) is 20.6. The van der Waals surface area contributed by atoms with Crippen molar-refractivity contribution in [3.05, 3.63) is 109 Å². The molecule has 1 amide bonds. The van der Waals surface area contributed by atoms with Crippen molar-refractivity contribution in [3.8, 4) is 5.69 Å². The lowest BCUT2D eigenvalue weighted by Crippen LogP contribution is -2.38. The minimum atomic E-state index is -4.12. The lowest BCUT2D eigenvalue weighted by atomic mass is 10.00. The number of amides is 1. The maximum absolute atomic E-state index is 15.6. The first kappa shape index (κ1) is 46.5. The Morgan fingerprint density at radius 1 is 0.970 bits per heavy atom. The molecule has 67 heavy (non-hydrogen) atoms. The molecule has 25 heteroatoms. The molecule has 6 aromatic rings. The number of alkyl halides is 6. The van der Waals surface area contributed by atoms with Crippen molar-refractivity contribution >= 4 is 65.0 Å². The number of hydrogen-bond acceptors (Lipinski definition) is 9. The van der Waals surface area contributed by atoms with Crippen LogP contribution in [0.3, 0.4) is 0 Å². The van der Waals surface area contributed by atoms with Crippen LogP contribution in [0.1, 0.15) is 85.4 Å². The maximum atomic E-state index is 15.6. The maximum Gasteiger partial charge on any atom is 0.293 e. The first-order valence-corrected chi connectivity index (χ1v) is 24.4. The highest BCUT2D eigenvalue weighted by atomic mass is 35.5. The Balaban J connectivity index is 1.29. The van der Waals surface area contributed by atoms with Crippen molar-refractivity contribution in [2.24, 2.45) is 5.92 Å². The van der Waals surface area contributed by atoms with E-state index in [0.717, 1.165) is 23.0 Å². The molecule has 0 aliphatic heterocycles. The molecule has 9 rings (SSSR count). The lowest BCUT2D eigenvalue weighted by molar-refractivity contribution is -0.123. The number of anilines is 1. The van der Waals surface area contributed by atoms with Gasteiger partial charge in [-0.1, -0.05) is 17.7 Å². The van der Waals surface area contributed by atoms with Crippen LogP contribution in [0, 0.1) is 17.6 Å². The molecule has 0 saturated heterocycles. The third-order valence-electron chi connectivity index (χ3n) is 12.6. The number of sulfonamides is 1. The van der Waals surface area contributed by atoms with Gasteiger partial charge in [-0.15, -0.1) is 0 Å². The highest BCUT2D eigenvalue weighted by molar-refractivity contribution is 7.93. The van der Waals surface area contributed by atoms with Crippen molar-refractivity contribution in [1.29, 1.82) is 0 Å². The molecule has 0 unspecified atom stereocenters. The van der Waals surface area contributed by atoms with Gasteiger partial charge in [0.2, 0.25) is 15.9 Å². The number of aromatic nitrogens is 6. The monoisotopic (exact) mass is 1000 g/mol. The van der Waals surface area contributed by atoms with Gasteiger partial charge in [0.15, 0.2) is 15.7 Å². The van der Waals surface area contributed by atoms with Crippen LogP contribution < -0.4 is 15.6 Å². The van der Waals surface area contributed by atoms with Crippen LogP contribution in [0.4, 0.5) is 40.9 Å². The number of nitrogens with one attached hydrogen (secondary N) is 2. The van der Waals surface area contributed by atoms with Gasteiger partial charge in [0.1, 0.15) is 41.9 Å². The second-order valence-electron chi connectivity index (χ2n) is 17.5. The van der Waals surface area contributed by atoms with E-state index in [2.05, 4.69) is 20.2 Å². The SMILES string of the molecule is CC(C)(c1ccc2c(=O)n(-c3ccc(Cl)c4c(NS(=O)(=O)C5CC5)nn(CC(F)F)c34)c([C@H](Cc3cc(F)cc(F)c3)NC(=O)Cn3nc(C(F)F)c4c3C(F)(F)[C@@H]3C[C@H]43)nc2c1)S(C)(=O)=O. The number of rotatable bonds is 15. The minimum Gasteiger partial charge on any atom is -0.344 e. The highest BCUT2D eigenvalue weighted by Crippen LogP contribution is 2.68. The summed E-state index contributed by atoms with van der Waals surface area (Å²) in [4.78, 5) is 34.1. The molecule has 0 bridgehead atoms.